The highest BCUT2D eigenvalue weighted by Crippen LogP contribution is 2.14. The van der Waals surface area contributed by atoms with E-state index in [0.717, 1.165) is 0 Å². The molecule has 3 N–H and O–H groups in total. The molecular weight excluding hydrogens is 314 g/mol. The van der Waals surface area contributed by atoms with Crippen molar-refractivity contribution in [2.45, 2.75) is 32.2 Å². The summed E-state index contributed by atoms with van der Waals surface area (Å²) in [5, 5.41) is 2.91. The van der Waals surface area contributed by atoms with Crippen LogP contribution in [-0.4, -0.2) is 60.9 Å². The molecule has 0 aromatic rings. The zero-order valence-corrected chi connectivity index (χ0v) is 13.8. The van der Waals surface area contributed by atoms with Crippen LogP contribution in [0.25, 0.3) is 0 Å². The minimum absolute atomic E-state index is 0.0296. The number of primary amides is 1. The summed E-state index contributed by atoms with van der Waals surface area (Å²) in [4.78, 5) is 22.3. The standard InChI is InChI=1S/C12H23N3O4S2/c1-2-21(18,19)15-6-3-10(4-7-15)14-12(17)5-8-20-9-11(13)16/h10H,2-9H2,1H3,(H2,13,16)(H,14,17). The number of amides is 2. The summed E-state index contributed by atoms with van der Waals surface area (Å²) >= 11 is 1.34. The summed E-state index contributed by atoms with van der Waals surface area (Å²) in [5.41, 5.74) is 5.00. The van der Waals surface area contributed by atoms with Gasteiger partial charge in [0, 0.05) is 31.3 Å². The molecule has 0 radical (unpaired) electrons. The van der Waals surface area contributed by atoms with Crippen LogP contribution >= 0.6 is 11.8 Å². The van der Waals surface area contributed by atoms with Gasteiger partial charge in [-0.15, -0.1) is 0 Å². The van der Waals surface area contributed by atoms with Crippen LogP contribution < -0.4 is 11.1 Å². The van der Waals surface area contributed by atoms with E-state index < -0.39 is 10.0 Å². The molecule has 122 valence electrons. The van der Waals surface area contributed by atoms with Gasteiger partial charge in [-0.05, 0) is 19.8 Å². The van der Waals surface area contributed by atoms with Gasteiger partial charge in [-0.3, -0.25) is 9.59 Å². The number of carbonyl (C=O) groups excluding carboxylic acids is 2. The quantitative estimate of drug-likeness (QED) is 0.582. The summed E-state index contributed by atoms with van der Waals surface area (Å²) in [6.45, 7) is 2.54. The monoisotopic (exact) mass is 337 g/mol. The molecule has 2 amide bonds. The molecule has 1 saturated heterocycles. The lowest BCUT2D eigenvalue weighted by molar-refractivity contribution is -0.121. The van der Waals surface area contributed by atoms with Crippen LogP contribution in [0.5, 0.6) is 0 Å². The molecule has 0 saturated carbocycles. The van der Waals surface area contributed by atoms with Crippen molar-refractivity contribution in [3.05, 3.63) is 0 Å². The van der Waals surface area contributed by atoms with Crippen LogP contribution in [0.3, 0.4) is 0 Å². The van der Waals surface area contributed by atoms with Crippen molar-refractivity contribution in [3.63, 3.8) is 0 Å². The molecule has 0 aliphatic carbocycles. The van der Waals surface area contributed by atoms with Gasteiger partial charge in [0.15, 0.2) is 0 Å². The number of carbonyl (C=O) groups is 2. The first kappa shape index (κ1) is 18.2. The van der Waals surface area contributed by atoms with Crippen LogP contribution in [0.1, 0.15) is 26.2 Å². The van der Waals surface area contributed by atoms with Crippen molar-refractivity contribution in [2.75, 3.05) is 30.3 Å². The third-order valence-corrected chi connectivity index (χ3v) is 6.16. The van der Waals surface area contributed by atoms with Crippen molar-refractivity contribution in [3.8, 4) is 0 Å². The molecule has 1 aliphatic rings. The summed E-state index contributed by atoms with van der Waals surface area (Å²) in [7, 11) is -3.13. The number of piperidine rings is 1. The SMILES string of the molecule is CCS(=O)(=O)N1CCC(NC(=O)CCSCC(N)=O)CC1. The minimum Gasteiger partial charge on any atom is -0.369 e. The van der Waals surface area contributed by atoms with E-state index in [1.165, 1.54) is 16.1 Å². The lowest BCUT2D eigenvalue weighted by Crippen LogP contribution is -2.46. The molecule has 1 heterocycles. The van der Waals surface area contributed by atoms with Crippen molar-refractivity contribution < 1.29 is 18.0 Å². The van der Waals surface area contributed by atoms with Crippen molar-refractivity contribution >= 4 is 33.6 Å². The molecular formula is C12H23N3O4S2. The Kier molecular flexibility index (Phi) is 7.47. The van der Waals surface area contributed by atoms with E-state index in [-0.39, 0.29) is 29.4 Å². The van der Waals surface area contributed by atoms with Crippen molar-refractivity contribution in [2.24, 2.45) is 5.73 Å². The molecule has 0 aromatic carbocycles. The topological polar surface area (TPSA) is 110 Å². The highest BCUT2D eigenvalue weighted by Gasteiger charge is 2.27. The molecule has 0 spiro atoms. The second-order valence-corrected chi connectivity index (χ2v) is 8.27. The van der Waals surface area contributed by atoms with Gasteiger partial charge in [-0.25, -0.2) is 12.7 Å². The first-order valence-electron chi connectivity index (χ1n) is 6.98. The van der Waals surface area contributed by atoms with E-state index in [1.807, 2.05) is 0 Å². The Labute approximate surface area is 130 Å². The maximum Gasteiger partial charge on any atom is 0.227 e. The number of hydrogen-bond acceptors (Lipinski definition) is 5. The molecule has 0 unspecified atom stereocenters. The molecule has 0 bridgehead atoms. The van der Waals surface area contributed by atoms with Gasteiger partial charge < -0.3 is 11.1 Å². The van der Waals surface area contributed by atoms with Crippen LogP contribution in [0.4, 0.5) is 0 Å². The van der Waals surface area contributed by atoms with Gasteiger partial charge in [0.05, 0.1) is 11.5 Å². The summed E-state index contributed by atoms with van der Waals surface area (Å²) in [6, 6.07) is 0.0296. The fraction of sp³-hybridized carbons (Fsp3) is 0.833. The third-order valence-electron chi connectivity index (χ3n) is 3.30. The Balaban J connectivity index is 2.23. The fourth-order valence-electron chi connectivity index (χ4n) is 2.10. The predicted molar refractivity (Wildman–Crippen MR) is 83.3 cm³/mol. The van der Waals surface area contributed by atoms with Crippen LogP contribution in [0.15, 0.2) is 0 Å². The average molecular weight is 337 g/mol. The third kappa shape index (κ3) is 6.66. The van der Waals surface area contributed by atoms with Gasteiger partial charge in [0.2, 0.25) is 21.8 Å². The van der Waals surface area contributed by atoms with Crippen molar-refractivity contribution in [1.82, 2.24) is 9.62 Å². The highest BCUT2D eigenvalue weighted by molar-refractivity contribution is 7.99. The van der Waals surface area contributed by atoms with E-state index in [4.69, 9.17) is 5.73 Å². The van der Waals surface area contributed by atoms with Gasteiger partial charge in [0.25, 0.3) is 0 Å². The normalized spacial score (nSPS) is 17.6. The average Bonchev–Trinajstić information content (AvgIpc) is 2.44. The predicted octanol–water partition coefficient (Wildman–Crippen LogP) is -0.475. The molecule has 21 heavy (non-hydrogen) atoms. The molecule has 0 atom stereocenters. The minimum atomic E-state index is -3.13. The zero-order chi connectivity index (χ0) is 15.9. The Morgan fingerprint density at radius 2 is 1.95 bits per heavy atom. The van der Waals surface area contributed by atoms with Gasteiger partial charge in [-0.2, -0.15) is 11.8 Å². The van der Waals surface area contributed by atoms with Crippen LogP contribution in [-0.2, 0) is 19.6 Å². The number of rotatable bonds is 8. The second-order valence-electron chi connectivity index (χ2n) is 4.91. The lowest BCUT2D eigenvalue weighted by Gasteiger charge is -2.31. The Morgan fingerprint density at radius 3 is 2.48 bits per heavy atom. The molecule has 7 nitrogen and oxygen atoms in total. The summed E-state index contributed by atoms with van der Waals surface area (Å²) in [5.74, 6) is 0.438. The number of sulfonamides is 1. The number of nitrogens with one attached hydrogen (secondary N) is 1. The fourth-order valence-corrected chi connectivity index (χ4v) is 3.91. The molecule has 0 aromatic heterocycles. The smallest absolute Gasteiger partial charge is 0.227 e. The first-order chi connectivity index (χ1) is 9.85. The molecule has 1 aliphatic heterocycles. The van der Waals surface area contributed by atoms with Crippen LogP contribution in [0, 0.1) is 0 Å². The first-order valence-corrected chi connectivity index (χ1v) is 9.74. The van der Waals surface area contributed by atoms with E-state index >= 15 is 0 Å². The number of thioether (sulfide) groups is 1. The van der Waals surface area contributed by atoms with Gasteiger partial charge >= 0.3 is 0 Å². The van der Waals surface area contributed by atoms with Gasteiger partial charge in [-0.1, -0.05) is 0 Å². The molecule has 1 fully saturated rings. The molecule has 9 heteroatoms. The lowest BCUT2D eigenvalue weighted by atomic mass is 10.1. The van der Waals surface area contributed by atoms with Gasteiger partial charge in [0.1, 0.15) is 0 Å². The highest BCUT2D eigenvalue weighted by atomic mass is 32.2. The van der Waals surface area contributed by atoms with E-state index in [2.05, 4.69) is 5.32 Å². The van der Waals surface area contributed by atoms with E-state index in [0.29, 0.717) is 38.1 Å². The number of nitrogens with zero attached hydrogens (tertiary/aromatic N) is 1. The number of hydrogen-bond donors (Lipinski definition) is 2. The van der Waals surface area contributed by atoms with Crippen LogP contribution in [0.2, 0.25) is 0 Å². The maximum absolute atomic E-state index is 11.7. The second kappa shape index (κ2) is 8.60. The largest absolute Gasteiger partial charge is 0.369 e. The van der Waals surface area contributed by atoms with E-state index in [1.54, 1.807) is 6.92 Å². The Bertz CT molecular complexity index is 459. The number of nitrogens with two attached hydrogens (primary N) is 1. The summed E-state index contributed by atoms with van der Waals surface area (Å²) in [6.07, 6.45) is 1.62. The zero-order valence-electron chi connectivity index (χ0n) is 12.2. The molecule has 1 rings (SSSR count). The Hall–Kier alpha value is -0.800. The Morgan fingerprint density at radius 1 is 1.33 bits per heavy atom. The van der Waals surface area contributed by atoms with Crippen molar-refractivity contribution in [1.29, 1.82) is 0 Å². The summed E-state index contributed by atoms with van der Waals surface area (Å²) < 4.78 is 24.9. The van der Waals surface area contributed by atoms with E-state index in [9.17, 15) is 18.0 Å². The maximum atomic E-state index is 11.7.